The van der Waals surface area contributed by atoms with Gasteiger partial charge in [-0.05, 0) is 51.9 Å². The van der Waals surface area contributed by atoms with Crippen LogP contribution in [0.2, 0.25) is 0 Å². The molecule has 0 spiro atoms. The second-order valence-electron chi connectivity index (χ2n) is 5.54. The highest BCUT2D eigenvalue weighted by Gasteiger charge is 2.28. The minimum atomic E-state index is -0.562. The summed E-state index contributed by atoms with van der Waals surface area (Å²) in [7, 11) is 0. The van der Waals surface area contributed by atoms with Gasteiger partial charge in [0.15, 0.2) is 0 Å². The van der Waals surface area contributed by atoms with Crippen molar-refractivity contribution in [3.63, 3.8) is 0 Å². The molecular formula is C15H26N2O4. The van der Waals surface area contributed by atoms with Gasteiger partial charge in [-0.1, -0.05) is 0 Å². The third kappa shape index (κ3) is 7.34. The Morgan fingerprint density at radius 2 is 1.10 bits per heavy atom. The van der Waals surface area contributed by atoms with Crippen LogP contribution < -0.4 is 10.6 Å². The maximum Gasteiger partial charge on any atom is 0.310 e. The summed E-state index contributed by atoms with van der Waals surface area (Å²) in [5.74, 6) is 0.145. The molecule has 0 atom stereocenters. The molecule has 2 rings (SSSR count). The molecule has 120 valence electrons. The van der Waals surface area contributed by atoms with Crippen LogP contribution in [0.15, 0.2) is 0 Å². The summed E-state index contributed by atoms with van der Waals surface area (Å²) < 4.78 is 3.97. The average molecular weight is 298 g/mol. The number of carbonyl (C=O) groups is 3. The zero-order valence-corrected chi connectivity index (χ0v) is 12.9. The smallest absolute Gasteiger partial charge is 0.310 e. The molecule has 0 radical (unpaired) electrons. The number of hydrogen-bond acceptors (Lipinski definition) is 6. The number of hydrogen-bond donors (Lipinski definition) is 2. The van der Waals surface area contributed by atoms with E-state index in [-0.39, 0.29) is 0 Å². The number of ether oxygens (including phenoxy) is 1. The zero-order chi connectivity index (χ0) is 15.7. The Morgan fingerprint density at radius 1 is 0.762 bits per heavy atom. The first-order valence-corrected chi connectivity index (χ1v) is 7.65. The molecule has 0 amide bonds. The van der Waals surface area contributed by atoms with Crippen LogP contribution in [0.1, 0.15) is 39.5 Å². The Kier molecular flexibility index (Phi) is 8.15. The molecule has 0 aliphatic carbocycles. The van der Waals surface area contributed by atoms with E-state index in [2.05, 4.69) is 15.4 Å². The van der Waals surface area contributed by atoms with Gasteiger partial charge in [0.2, 0.25) is 0 Å². The van der Waals surface area contributed by atoms with Gasteiger partial charge >= 0.3 is 11.9 Å². The largest absolute Gasteiger partial charge is 0.394 e. The highest BCUT2D eigenvalue weighted by Crippen LogP contribution is 2.22. The van der Waals surface area contributed by atoms with Gasteiger partial charge in [-0.25, -0.2) is 0 Å². The van der Waals surface area contributed by atoms with Crippen LogP contribution in [-0.4, -0.2) is 43.9 Å². The van der Waals surface area contributed by atoms with E-state index in [0.29, 0.717) is 17.6 Å². The molecule has 0 saturated carbocycles. The van der Waals surface area contributed by atoms with Gasteiger partial charge in [0.1, 0.15) is 5.78 Å². The Bertz CT molecular complexity index is 327. The monoisotopic (exact) mass is 298 g/mol. The SMILES string of the molecule is CC(=O)OC(C)=O.O=C(C1CCNCC1)C1CCNCC1. The summed E-state index contributed by atoms with van der Waals surface area (Å²) >= 11 is 0. The van der Waals surface area contributed by atoms with Crippen LogP contribution in [0.25, 0.3) is 0 Å². The standard InChI is InChI=1S/C11H20N2O.C4H6O3/c14-11(9-1-5-12-6-2-9)10-3-7-13-8-4-10;1-3(5)7-4(2)6/h9-10,12-13H,1-8H2;1-2H3. The topological polar surface area (TPSA) is 84.5 Å². The fraction of sp³-hybridized carbons (Fsp3) is 0.800. The fourth-order valence-corrected chi connectivity index (χ4v) is 2.75. The Morgan fingerprint density at radius 3 is 1.33 bits per heavy atom. The second kappa shape index (κ2) is 9.63. The lowest BCUT2D eigenvalue weighted by Gasteiger charge is -2.28. The van der Waals surface area contributed by atoms with Gasteiger partial charge in [-0.15, -0.1) is 0 Å². The number of nitrogens with one attached hydrogen (secondary N) is 2. The first-order valence-electron chi connectivity index (χ1n) is 7.65. The van der Waals surface area contributed by atoms with Crippen molar-refractivity contribution >= 4 is 17.7 Å². The molecule has 0 unspecified atom stereocenters. The van der Waals surface area contributed by atoms with Gasteiger partial charge in [0, 0.05) is 25.7 Å². The van der Waals surface area contributed by atoms with Crippen molar-refractivity contribution in [2.75, 3.05) is 26.2 Å². The Labute approximate surface area is 126 Å². The Balaban J connectivity index is 0.000000270. The molecule has 0 aromatic heterocycles. The maximum atomic E-state index is 12.1. The molecule has 0 aromatic rings. The second-order valence-corrected chi connectivity index (χ2v) is 5.54. The summed E-state index contributed by atoms with van der Waals surface area (Å²) in [6.07, 6.45) is 4.23. The van der Waals surface area contributed by atoms with Crippen molar-refractivity contribution in [2.45, 2.75) is 39.5 Å². The quantitative estimate of drug-likeness (QED) is 0.575. The highest BCUT2D eigenvalue weighted by molar-refractivity contribution is 5.83. The average Bonchev–Trinajstić information content (AvgIpc) is 2.47. The van der Waals surface area contributed by atoms with Crippen molar-refractivity contribution in [3.8, 4) is 0 Å². The fourth-order valence-electron chi connectivity index (χ4n) is 2.75. The number of ketones is 1. The molecule has 21 heavy (non-hydrogen) atoms. The number of Topliss-reactive ketones (excluding diaryl/α,β-unsaturated/α-hetero) is 1. The molecule has 2 N–H and O–H groups in total. The van der Waals surface area contributed by atoms with Gasteiger partial charge in [-0.2, -0.15) is 0 Å². The van der Waals surface area contributed by atoms with E-state index in [1.165, 1.54) is 13.8 Å². The number of rotatable bonds is 2. The van der Waals surface area contributed by atoms with Gasteiger partial charge < -0.3 is 15.4 Å². The molecule has 0 aromatic carbocycles. The molecule has 6 nitrogen and oxygen atoms in total. The number of piperidine rings is 2. The predicted molar refractivity (Wildman–Crippen MR) is 78.6 cm³/mol. The minimum Gasteiger partial charge on any atom is -0.394 e. The highest BCUT2D eigenvalue weighted by atomic mass is 16.6. The van der Waals surface area contributed by atoms with E-state index < -0.39 is 11.9 Å². The summed E-state index contributed by atoms with van der Waals surface area (Å²) in [5.41, 5.74) is 0. The van der Waals surface area contributed by atoms with Crippen molar-refractivity contribution in [2.24, 2.45) is 11.8 Å². The number of esters is 2. The van der Waals surface area contributed by atoms with Crippen LogP contribution in [-0.2, 0) is 19.1 Å². The van der Waals surface area contributed by atoms with Crippen LogP contribution in [0.3, 0.4) is 0 Å². The van der Waals surface area contributed by atoms with E-state index >= 15 is 0 Å². The van der Waals surface area contributed by atoms with Crippen LogP contribution in [0, 0.1) is 11.8 Å². The molecule has 2 aliphatic rings. The van der Waals surface area contributed by atoms with Crippen LogP contribution in [0.5, 0.6) is 0 Å². The third-order valence-corrected chi connectivity index (χ3v) is 3.77. The van der Waals surface area contributed by atoms with Crippen molar-refractivity contribution < 1.29 is 19.1 Å². The van der Waals surface area contributed by atoms with Gasteiger partial charge in [0.05, 0.1) is 0 Å². The molecular weight excluding hydrogens is 272 g/mol. The third-order valence-electron chi connectivity index (χ3n) is 3.77. The van der Waals surface area contributed by atoms with E-state index in [1.54, 1.807) is 0 Å². The summed E-state index contributed by atoms with van der Waals surface area (Å²) in [5, 5.41) is 6.62. The minimum absolute atomic E-state index is 0.361. The Hall–Kier alpha value is -1.27. The zero-order valence-electron chi connectivity index (χ0n) is 12.9. The van der Waals surface area contributed by atoms with Gasteiger partial charge in [0.25, 0.3) is 0 Å². The normalized spacial score (nSPS) is 20.1. The first kappa shape index (κ1) is 17.8. The van der Waals surface area contributed by atoms with E-state index in [4.69, 9.17) is 0 Å². The molecule has 2 aliphatic heterocycles. The number of carbonyl (C=O) groups excluding carboxylic acids is 3. The molecule has 6 heteroatoms. The van der Waals surface area contributed by atoms with Crippen molar-refractivity contribution in [1.29, 1.82) is 0 Å². The first-order chi connectivity index (χ1) is 10.0. The summed E-state index contributed by atoms with van der Waals surface area (Å²) in [6.45, 7) is 6.48. The molecule has 0 bridgehead atoms. The van der Waals surface area contributed by atoms with Gasteiger partial charge in [-0.3, -0.25) is 14.4 Å². The van der Waals surface area contributed by atoms with Crippen LogP contribution >= 0.6 is 0 Å². The molecule has 2 fully saturated rings. The lowest BCUT2D eigenvalue weighted by Crippen LogP contribution is -2.38. The maximum absolute atomic E-state index is 12.1. The van der Waals surface area contributed by atoms with E-state index in [9.17, 15) is 14.4 Å². The van der Waals surface area contributed by atoms with Crippen molar-refractivity contribution in [1.82, 2.24) is 10.6 Å². The lowest BCUT2D eigenvalue weighted by molar-refractivity contribution is -0.156. The van der Waals surface area contributed by atoms with E-state index in [0.717, 1.165) is 51.9 Å². The summed E-state index contributed by atoms with van der Waals surface area (Å²) in [6, 6.07) is 0. The lowest BCUT2D eigenvalue weighted by atomic mass is 9.82. The molecule has 2 saturated heterocycles. The predicted octanol–water partition coefficient (Wildman–Crippen LogP) is 0.651. The summed E-state index contributed by atoms with van der Waals surface area (Å²) in [4.78, 5) is 31.7. The van der Waals surface area contributed by atoms with Crippen molar-refractivity contribution in [3.05, 3.63) is 0 Å². The van der Waals surface area contributed by atoms with E-state index in [1.807, 2.05) is 0 Å². The molecule has 2 heterocycles. The van der Waals surface area contributed by atoms with Crippen LogP contribution in [0.4, 0.5) is 0 Å².